The van der Waals surface area contributed by atoms with Gasteiger partial charge in [0.2, 0.25) is 5.91 Å². The molecular formula is C71H125NO18. The van der Waals surface area contributed by atoms with E-state index in [2.05, 4.69) is 92.1 Å². The van der Waals surface area contributed by atoms with Crippen LogP contribution in [-0.2, 0) is 33.2 Å². The zero-order valence-corrected chi connectivity index (χ0v) is 55.1. The molecular weight excluding hydrogens is 1150 g/mol. The molecule has 0 aromatic rings. The van der Waals surface area contributed by atoms with E-state index < -0.39 is 124 Å². The van der Waals surface area contributed by atoms with Crippen molar-refractivity contribution in [3.8, 4) is 0 Å². The third-order valence-electron chi connectivity index (χ3n) is 17.3. The average Bonchev–Trinajstić information content (AvgIpc) is 0.865. The summed E-state index contributed by atoms with van der Waals surface area (Å²) in [5.41, 5.74) is 0. The summed E-state index contributed by atoms with van der Waals surface area (Å²) in [6, 6.07) is -0.907. The number of carbonyl (C=O) groups is 1. The Hall–Kier alpha value is -2.77. The summed E-state index contributed by atoms with van der Waals surface area (Å²) in [6.07, 6.45) is 38.3. The molecule has 0 aliphatic carbocycles. The van der Waals surface area contributed by atoms with Crippen LogP contribution in [0.2, 0.25) is 0 Å². The largest absolute Gasteiger partial charge is 0.394 e. The van der Waals surface area contributed by atoms with Crippen molar-refractivity contribution < 1.29 is 89.4 Å². The minimum Gasteiger partial charge on any atom is -0.394 e. The number of hydrogen-bond donors (Lipinski definition) is 12. The van der Waals surface area contributed by atoms with E-state index in [1.54, 1.807) is 0 Å². The number of carbonyl (C=O) groups excluding carboxylic acids is 1. The highest BCUT2D eigenvalue weighted by molar-refractivity contribution is 5.76. The fourth-order valence-electron chi connectivity index (χ4n) is 11.6. The molecule has 0 saturated carbocycles. The van der Waals surface area contributed by atoms with Crippen LogP contribution in [-0.4, -0.2) is 193 Å². The van der Waals surface area contributed by atoms with E-state index in [0.29, 0.717) is 12.8 Å². The second-order valence-corrected chi connectivity index (χ2v) is 25.0. The molecule has 3 fully saturated rings. The van der Waals surface area contributed by atoms with E-state index in [1.807, 2.05) is 0 Å². The van der Waals surface area contributed by atoms with Crippen LogP contribution in [0.15, 0.2) is 72.9 Å². The maximum absolute atomic E-state index is 13.4. The van der Waals surface area contributed by atoms with Gasteiger partial charge >= 0.3 is 0 Å². The highest BCUT2D eigenvalue weighted by Crippen LogP contribution is 2.33. The second-order valence-electron chi connectivity index (χ2n) is 25.0. The molecule has 1 amide bonds. The van der Waals surface area contributed by atoms with Gasteiger partial charge in [0, 0.05) is 6.42 Å². The average molecular weight is 1280 g/mol. The van der Waals surface area contributed by atoms with Crippen LogP contribution >= 0.6 is 0 Å². The molecule has 0 bridgehead atoms. The van der Waals surface area contributed by atoms with Gasteiger partial charge in [-0.1, -0.05) is 241 Å². The van der Waals surface area contributed by atoms with Crippen molar-refractivity contribution in [1.82, 2.24) is 5.32 Å². The summed E-state index contributed by atoms with van der Waals surface area (Å²) >= 11 is 0. The molecule has 3 heterocycles. The highest BCUT2D eigenvalue weighted by Gasteiger charge is 2.53. The molecule has 3 saturated heterocycles. The van der Waals surface area contributed by atoms with Crippen molar-refractivity contribution in [3.63, 3.8) is 0 Å². The van der Waals surface area contributed by atoms with Gasteiger partial charge < -0.3 is 89.9 Å². The van der Waals surface area contributed by atoms with Crippen LogP contribution in [0.5, 0.6) is 0 Å². The number of nitrogens with one attached hydrogen (secondary N) is 1. The molecule has 17 atom stereocenters. The Morgan fingerprint density at radius 2 is 0.767 bits per heavy atom. The van der Waals surface area contributed by atoms with Crippen LogP contribution in [0.3, 0.4) is 0 Å². The van der Waals surface area contributed by atoms with Crippen LogP contribution in [0.1, 0.15) is 239 Å². The van der Waals surface area contributed by atoms with Crippen molar-refractivity contribution in [2.24, 2.45) is 0 Å². The smallest absolute Gasteiger partial charge is 0.220 e. The van der Waals surface area contributed by atoms with Crippen LogP contribution in [0, 0.1) is 0 Å². The Balaban J connectivity index is 1.45. The number of rotatable bonds is 53. The van der Waals surface area contributed by atoms with E-state index in [0.717, 1.165) is 89.9 Å². The second kappa shape index (κ2) is 52.5. The number of aliphatic hydroxyl groups is 11. The van der Waals surface area contributed by atoms with Gasteiger partial charge in [-0.25, -0.2) is 0 Å². The van der Waals surface area contributed by atoms with Crippen LogP contribution in [0.25, 0.3) is 0 Å². The first-order valence-corrected chi connectivity index (χ1v) is 35.2. The van der Waals surface area contributed by atoms with Gasteiger partial charge in [-0.3, -0.25) is 4.79 Å². The molecule has 0 aromatic heterocycles. The zero-order valence-electron chi connectivity index (χ0n) is 55.1. The Kier molecular flexibility index (Phi) is 47.5. The standard InChI is InChI=1S/C71H125NO18/c1-3-5-7-9-11-13-15-17-19-21-23-25-27-29-31-33-35-37-39-41-43-45-47-49-59(77)72-54(55(76)48-46-44-42-40-38-36-34-32-30-28-26-24-22-20-18-16-14-12-10-8-6-4-2)53-85-69-65(83)62(80)67(57(51-74)87-69)90-71-66(84)63(81)68(58(52-75)88-71)89-70-64(82)61(79)60(78)56(50-73)86-70/h5,7,11,13,17,19,23,25,29,31,35,37,54-58,60-71,73-76,78-84H,3-4,6,8-10,12,14-16,18,20-22,24,26-28,30,32-34,36,38-53H2,1-2H3,(H,72,77)/b7-5-,13-11-,19-17-,25-23-,31-29-,37-35-. The Morgan fingerprint density at radius 3 is 1.20 bits per heavy atom. The topological polar surface area (TPSA) is 307 Å². The van der Waals surface area contributed by atoms with Gasteiger partial charge in [-0.15, -0.1) is 0 Å². The first-order chi connectivity index (χ1) is 43.8. The molecule has 0 radical (unpaired) electrons. The van der Waals surface area contributed by atoms with Gasteiger partial charge in [-0.2, -0.15) is 0 Å². The summed E-state index contributed by atoms with van der Waals surface area (Å²) in [7, 11) is 0. The van der Waals surface area contributed by atoms with Crippen molar-refractivity contribution in [3.05, 3.63) is 72.9 Å². The molecule has 12 N–H and O–H groups in total. The highest BCUT2D eigenvalue weighted by atomic mass is 16.8. The number of ether oxygens (including phenoxy) is 6. The number of hydrogen-bond acceptors (Lipinski definition) is 18. The summed E-state index contributed by atoms with van der Waals surface area (Å²) in [4.78, 5) is 13.4. The van der Waals surface area contributed by atoms with Crippen molar-refractivity contribution in [1.29, 1.82) is 0 Å². The number of unbranched alkanes of at least 4 members (excludes halogenated alkanes) is 25. The van der Waals surface area contributed by atoms with Gasteiger partial charge in [0.15, 0.2) is 18.9 Å². The van der Waals surface area contributed by atoms with E-state index in [9.17, 15) is 61.0 Å². The Labute approximate surface area is 540 Å². The predicted molar refractivity (Wildman–Crippen MR) is 351 cm³/mol. The lowest BCUT2D eigenvalue weighted by molar-refractivity contribution is -0.379. The number of allylic oxidation sites excluding steroid dienone is 12. The van der Waals surface area contributed by atoms with Crippen LogP contribution in [0.4, 0.5) is 0 Å². The lowest BCUT2D eigenvalue weighted by Gasteiger charge is -2.48. The van der Waals surface area contributed by atoms with Gasteiger partial charge in [-0.05, 0) is 64.2 Å². The third-order valence-corrected chi connectivity index (χ3v) is 17.3. The molecule has 19 nitrogen and oxygen atoms in total. The first-order valence-electron chi connectivity index (χ1n) is 35.2. The fourth-order valence-corrected chi connectivity index (χ4v) is 11.6. The Morgan fingerprint density at radius 1 is 0.411 bits per heavy atom. The molecule has 19 heteroatoms. The van der Waals surface area contributed by atoms with Gasteiger partial charge in [0.25, 0.3) is 0 Å². The summed E-state index contributed by atoms with van der Waals surface area (Å²) in [6.45, 7) is 1.67. The quantitative estimate of drug-likeness (QED) is 0.0199. The van der Waals surface area contributed by atoms with Crippen molar-refractivity contribution in [2.75, 3.05) is 26.4 Å². The van der Waals surface area contributed by atoms with Crippen LogP contribution < -0.4 is 5.32 Å². The normalized spacial score (nSPS) is 28.5. The van der Waals surface area contributed by atoms with E-state index in [4.69, 9.17) is 28.4 Å². The number of aliphatic hydroxyl groups excluding tert-OH is 11. The molecule has 3 aliphatic heterocycles. The maximum atomic E-state index is 13.4. The Bertz CT molecular complexity index is 1920. The van der Waals surface area contributed by atoms with E-state index >= 15 is 0 Å². The van der Waals surface area contributed by atoms with E-state index in [1.165, 1.54) is 116 Å². The van der Waals surface area contributed by atoms with Gasteiger partial charge in [0.05, 0.1) is 38.6 Å². The maximum Gasteiger partial charge on any atom is 0.220 e. The fraction of sp³-hybridized carbons (Fsp3) is 0.817. The minimum atomic E-state index is -1.98. The molecule has 17 unspecified atom stereocenters. The molecule has 0 spiro atoms. The SMILES string of the molecule is CC/C=C\C/C=C\C/C=C\C/C=C\C/C=C\C/C=C\CCCCCCC(=O)NC(COC1OC(CO)C(OC2OC(CO)C(OC3OC(CO)C(O)C(O)C3O)C(O)C2O)C(O)C1O)C(O)CCCCCCCCCCCCCCCCCCCCCCCC. The minimum absolute atomic E-state index is 0.233. The lowest BCUT2D eigenvalue weighted by Crippen LogP contribution is -2.66. The third kappa shape index (κ3) is 34.1. The zero-order chi connectivity index (χ0) is 65.4. The summed E-state index contributed by atoms with van der Waals surface area (Å²) in [5, 5.41) is 121. The van der Waals surface area contributed by atoms with Gasteiger partial charge in [0.1, 0.15) is 73.2 Å². The molecule has 522 valence electrons. The lowest BCUT2D eigenvalue weighted by atomic mass is 9.96. The first kappa shape index (κ1) is 81.5. The molecule has 3 aliphatic rings. The van der Waals surface area contributed by atoms with Crippen molar-refractivity contribution >= 4 is 5.91 Å². The summed E-state index contributed by atoms with van der Waals surface area (Å²) in [5.74, 6) is -0.268. The monoisotopic (exact) mass is 1280 g/mol. The summed E-state index contributed by atoms with van der Waals surface area (Å²) < 4.78 is 34.4. The predicted octanol–water partition coefficient (Wildman–Crippen LogP) is 9.33. The molecule has 3 rings (SSSR count). The number of amides is 1. The van der Waals surface area contributed by atoms with Crippen molar-refractivity contribution in [2.45, 2.75) is 343 Å². The molecule has 0 aromatic carbocycles. The van der Waals surface area contributed by atoms with E-state index in [-0.39, 0.29) is 18.9 Å². The molecule has 90 heavy (non-hydrogen) atoms.